The van der Waals surface area contributed by atoms with Crippen LogP contribution in [0.4, 0.5) is 0 Å². The molecular weight excluding hydrogens is 969 g/mol. The first-order valence-electron chi connectivity index (χ1n) is 30.4. The molecule has 11 unspecified atom stereocenters. The highest BCUT2D eigenvalue weighted by molar-refractivity contribution is 5.69. The maximum absolute atomic E-state index is 13.0. The van der Waals surface area contributed by atoms with Crippen LogP contribution >= 0.6 is 0 Å². The van der Waals surface area contributed by atoms with E-state index in [1.165, 1.54) is 141 Å². The van der Waals surface area contributed by atoms with Crippen molar-refractivity contribution in [1.82, 2.24) is 0 Å². The molecule has 11 atom stereocenters. The minimum absolute atomic E-state index is 0.0392. The first-order chi connectivity index (χ1) is 37.1. The Kier molecular flexibility index (Phi) is 44.6. The number of carbonyl (C=O) groups is 1. The topological polar surface area (TPSA) is 214 Å². The van der Waals surface area contributed by atoms with Crippen LogP contribution in [0.3, 0.4) is 0 Å². The van der Waals surface area contributed by atoms with Crippen LogP contribution in [0.5, 0.6) is 0 Å². The predicted octanol–water partition coefficient (Wildman–Crippen LogP) is 11.2. The highest BCUT2D eigenvalue weighted by atomic mass is 16.7. The van der Waals surface area contributed by atoms with Gasteiger partial charge in [-0.05, 0) is 51.4 Å². The monoisotopic (exact) mass is 1080 g/mol. The van der Waals surface area contributed by atoms with Crippen molar-refractivity contribution in [3.05, 3.63) is 60.8 Å². The molecule has 442 valence electrons. The number of aliphatic hydroxyl groups is 7. The Morgan fingerprint density at radius 2 is 0.842 bits per heavy atom. The quantitative estimate of drug-likeness (QED) is 0.0172. The van der Waals surface area contributed by atoms with Crippen molar-refractivity contribution < 1.29 is 69.0 Å². The van der Waals surface area contributed by atoms with E-state index in [9.17, 15) is 40.5 Å². The molecule has 0 spiro atoms. The van der Waals surface area contributed by atoms with Gasteiger partial charge < -0.3 is 64.2 Å². The Morgan fingerprint density at radius 1 is 0.447 bits per heavy atom. The van der Waals surface area contributed by atoms with E-state index in [2.05, 4.69) is 74.6 Å². The molecule has 2 fully saturated rings. The van der Waals surface area contributed by atoms with Gasteiger partial charge in [-0.3, -0.25) is 4.79 Å². The van der Waals surface area contributed by atoms with E-state index in [4.69, 9.17) is 28.4 Å². The Hall–Kier alpha value is -2.31. The van der Waals surface area contributed by atoms with Gasteiger partial charge in [0.1, 0.15) is 54.9 Å². The van der Waals surface area contributed by atoms with Gasteiger partial charge in [-0.25, -0.2) is 0 Å². The molecular formula is C62H110O14. The molecule has 0 aromatic carbocycles. The van der Waals surface area contributed by atoms with Crippen LogP contribution < -0.4 is 0 Å². The molecule has 76 heavy (non-hydrogen) atoms. The van der Waals surface area contributed by atoms with Crippen molar-refractivity contribution in [2.45, 2.75) is 293 Å². The van der Waals surface area contributed by atoms with Gasteiger partial charge in [0, 0.05) is 13.0 Å². The number of hydrogen-bond donors (Lipinski definition) is 7. The van der Waals surface area contributed by atoms with E-state index in [1.807, 2.05) is 0 Å². The molecule has 14 heteroatoms. The molecule has 2 heterocycles. The van der Waals surface area contributed by atoms with E-state index in [1.54, 1.807) is 0 Å². The van der Waals surface area contributed by atoms with E-state index in [-0.39, 0.29) is 19.6 Å². The fourth-order valence-electron chi connectivity index (χ4n) is 9.44. The summed E-state index contributed by atoms with van der Waals surface area (Å²) in [6.45, 7) is 3.53. The van der Waals surface area contributed by atoms with Crippen LogP contribution in [0.15, 0.2) is 60.8 Å². The summed E-state index contributed by atoms with van der Waals surface area (Å²) in [5.41, 5.74) is 0. The summed E-state index contributed by atoms with van der Waals surface area (Å²) in [5.74, 6) is -0.430. The normalized spacial score (nSPS) is 24.9. The molecule has 0 aliphatic carbocycles. The standard InChI is InChI=1S/C62H110O14/c1-3-5-7-9-11-13-15-17-19-21-22-23-24-25-26-27-28-30-32-34-36-38-40-42-44-46-71-48-51(74-54(64)45-43-41-39-37-35-33-31-29-20-18-16-14-12-10-8-6-4-2)49-72-61-60(70)58(68)56(66)53(76-61)50-73-62-59(69)57(67)55(65)52(47-63)75-62/h6,8,12,14,18,20,31,33,37,39,51-53,55-63,65-70H,3-5,7,9-11,13,15-17,19,21-30,32,34-36,38,40-50H2,1-2H3/b8-6-,14-12-,20-18-,33-31-,39-37-. The molecule has 0 saturated carbocycles. The van der Waals surface area contributed by atoms with Crippen molar-refractivity contribution in [2.75, 3.05) is 33.0 Å². The molecule has 14 nitrogen and oxygen atoms in total. The number of allylic oxidation sites excluding steroid dienone is 10. The fraction of sp³-hybridized carbons (Fsp3) is 0.823. The van der Waals surface area contributed by atoms with Crippen LogP contribution in [0.2, 0.25) is 0 Å². The van der Waals surface area contributed by atoms with Crippen LogP contribution in [0.1, 0.15) is 226 Å². The minimum Gasteiger partial charge on any atom is -0.457 e. The lowest BCUT2D eigenvalue weighted by atomic mass is 9.98. The first-order valence-corrected chi connectivity index (χ1v) is 30.4. The van der Waals surface area contributed by atoms with Crippen LogP contribution in [0.25, 0.3) is 0 Å². The number of rotatable bonds is 49. The summed E-state index contributed by atoms with van der Waals surface area (Å²) >= 11 is 0. The van der Waals surface area contributed by atoms with Gasteiger partial charge in [0.2, 0.25) is 0 Å². The predicted molar refractivity (Wildman–Crippen MR) is 302 cm³/mol. The van der Waals surface area contributed by atoms with Crippen LogP contribution in [-0.4, -0.2) is 142 Å². The second-order valence-corrected chi connectivity index (χ2v) is 21.2. The van der Waals surface area contributed by atoms with Gasteiger partial charge in [0.25, 0.3) is 0 Å². The third-order valence-corrected chi connectivity index (χ3v) is 14.3. The Morgan fingerprint density at radius 3 is 1.29 bits per heavy atom. The Bertz CT molecular complexity index is 1490. The molecule has 0 aromatic rings. The highest BCUT2D eigenvalue weighted by Crippen LogP contribution is 2.27. The zero-order valence-corrected chi connectivity index (χ0v) is 47.5. The summed E-state index contributed by atoms with van der Waals surface area (Å²) in [5, 5.41) is 72.4. The Balaban J connectivity index is 1.69. The average molecular weight is 1080 g/mol. The summed E-state index contributed by atoms with van der Waals surface area (Å²) in [4.78, 5) is 13.0. The number of esters is 1. The molecule has 0 amide bonds. The lowest BCUT2D eigenvalue weighted by Crippen LogP contribution is -2.61. The van der Waals surface area contributed by atoms with Gasteiger partial charge in [-0.15, -0.1) is 0 Å². The smallest absolute Gasteiger partial charge is 0.306 e. The van der Waals surface area contributed by atoms with E-state index >= 15 is 0 Å². The van der Waals surface area contributed by atoms with Crippen molar-refractivity contribution in [2.24, 2.45) is 0 Å². The number of carbonyl (C=O) groups excluding carboxylic acids is 1. The van der Waals surface area contributed by atoms with Gasteiger partial charge in [-0.2, -0.15) is 0 Å². The molecule has 2 aliphatic rings. The number of aliphatic hydroxyl groups excluding tert-OH is 7. The lowest BCUT2D eigenvalue weighted by Gasteiger charge is -2.42. The zero-order chi connectivity index (χ0) is 55.1. The number of hydrogen-bond acceptors (Lipinski definition) is 14. The maximum Gasteiger partial charge on any atom is 0.306 e. The molecule has 0 aromatic heterocycles. The SMILES string of the molecule is CC/C=C\C/C=C\C/C=C\C/C=C\C/C=C\CCCC(=O)OC(COCCCCCCCCCCCCCCCCCCCCCCCCCCC)COC1OC(COC2OC(CO)C(O)C(O)C2O)C(O)C(O)C1O. The zero-order valence-electron chi connectivity index (χ0n) is 47.5. The van der Waals surface area contributed by atoms with Gasteiger partial charge in [0.15, 0.2) is 12.6 Å². The third-order valence-electron chi connectivity index (χ3n) is 14.3. The lowest BCUT2D eigenvalue weighted by molar-refractivity contribution is -0.332. The fourth-order valence-corrected chi connectivity index (χ4v) is 9.44. The summed E-state index contributed by atoms with van der Waals surface area (Å²) in [6, 6.07) is 0. The molecule has 2 aliphatic heterocycles. The third kappa shape index (κ3) is 34.6. The number of unbranched alkanes of at least 4 members (excludes halogenated alkanes) is 25. The van der Waals surface area contributed by atoms with E-state index < -0.39 is 86.7 Å². The average Bonchev–Trinajstić information content (AvgIpc) is 3.42. The Labute approximate surface area is 460 Å². The maximum atomic E-state index is 13.0. The molecule has 0 bridgehead atoms. The van der Waals surface area contributed by atoms with Gasteiger partial charge in [0.05, 0.1) is 26.4 Å². The first kappa shape index (κ1) is 69.8. The van der Waals surface area contributed by atoms with Crippen molar-refractivity contribution in [3.63, 3.8) is 0 Å². The molecule has 0 radical (unpaired) electrons. The number of ether oxygens (including phenoxy) is 6. The second-order valence-electron chi connectivity index (χ2n) is 21.2. The van der Waals surface area contributed by atoms with Crippen LogP contribution in [-0.2, 0) is 33.2 Å². The summed E-state index contributed by atoms with van der Waals surface area (Å²) in [6.07, 6.45) is 44.5. The van der Waals surface area contributed by atoms with Gasteiger partial charge >= 0.3 is 5.97 Å². The summed E-state index contributed by atoms with van der Waals surface area (Å²) in [7, 11) is 0. The molecule has 7 N–H and O–H groups in total. The van der Waals surface area contributed by atoms with Crippen molar-refractivity contribution >= 4 is 5.97 Å². The largest absolute Gasteiger partial charge is 0.457 e. The minimum atomic E-state index is -1.72. The van der Waals surface area contributed by atoms with Crippen molar-refractivity contribution in [1.29, 1.82) is 0 Å². The van der Waals surface area contributed by atoms with E-state index in [0.29, 0.717) is 19.4 Å². The van der Waals surface area contributed by atoms with Crippen molar-refractivity contribution in [3.8, 4) is 0 Å². The van der Waals surface area contributed by atoms with Crippen LogP contribution in [0, 0.1) is 0 Å². The second kappa shape index (κ2) is 48.6. The summed E-state index contributed by atoms with van der Waals surface area (Å²) < 4.78 is 34.3. The van der Waals surface area contributed by atoms with E-state index in [0.717, 1.165) is 51.4 Å². The van der Waals surface area contributed by atoms with Gasteiger partial charge in [-0.1, -0.05) is 229 Å². The highest BCUT2D eigenvalue weighted by Gasteiger charge is 2.47. The molecule has 2 saturated heterocycles. The molecule has 2 rings (SSSR count).